The summed E-state index contributed by atoms with van der Waals surface area (Å²) < 4.78 is 0. The van der Waals surface area contributed by atoms with E-state index in [-0.39, 0.29) is 11.7 Å². The predicted octanol–water partition coefficient (Wildman–Crippen LogP) is 4.18. The number of hydrogen-bond acceptors (Lipinski definition) is 6. The Morgan fingerprint density at radius 2 is 1.93 bits per heavy atom. The van der Waals surface area contributed by atoms with Gasteiger partial charge in [-0.3, -0.25) is 4.79 Å². The van der Waals surface area contributed by atoms with Crippen molar-refractivity contribution in [1.29, 1.82) is 0 Å². The molecule has 28 heavy (non-hydrogen) atoms. The third-order valence-electron chi connectivity index (χ3n) is 4.80. The van der Waals surface area contributed by atoms with Gasteiger partial charge >= 0.3 is 0 Å². The van der Waals surface area contributed by atoms with Gasteiger partial charge in [0, 0.05) is 42.2 Å². The predicted molar refractivity (Wildman–Crippen MR) is 113 cm³/mol. The van der Waals surface area contributed by atoms with Crippen LogP contribution in [0.4, 0.5) is 10.8 Å². The lowest BCUT2D eigenvalue weighted by Crippen LogP contribution is -2.30. The Hall–Kier alpha value is -3.06. The maximum absolute atomic E-state index is 12.3. The second-order valence-electron chi connectivity index (χ2n) is 6.80. The molecule has 0 spiro atoms. The lowest BCUT2D eigenvalue weighted by Gasteiger charge is -2.30. The van der Waals surface area contributed by atoms with Crippen LogP contribution in [0.5, 0.6) is 0 Å². The van der Waals surface area contributed by atoms with Gasteiger partial charge in [0.1, 0.15) is 0 Å². The van der Waals surface area contributed by atoms with E-state index in [1.807, 2.05) is 30.6 Å². The second-order valence-corrected chi connectivity index (χ2v) is 7.67. The maximum atomic E-state index is 12.3. The first-order valence-electron chi connectivity index (χ1n) is 9.14. The summed E-state index contributed by atoms with van der Waals surface area (Å²) in [5.41, 5.74) is 5.38. The van der Waals surface area contributed by atoms with Crippen molar-refractivity contribution in [1.82, 2.24) is 15.0 Å². The van der Waals surface area contributed by atoms with Gasteiger partial charge < -0.3 is 10.2 Å². The SMILES string of the molecule is CC1=C(c2ccc(NC(=O)c3nccc(C)n3)cc2)CN(c2nccs2)CC1. The first kappa shape index (κ1) is 18.3. The molecule has 0 saturated carbocycles. The van der Waals surface area contributed by atoms with Crippen LogP contribution in [0.15, 0.2) is 53.7 Å². The highest BCUT2D eigenvalue weighted by Crippen LogP contribution is 2.31. The highest BCUT2D eigenvalue weighted by Gasteiger charge is 2.19. The molecule has 1 aliphatic heterocycles. The zero-order valence-electron chi connectivity index (χ0n) is 15.8. The normalized spacial score (nSPS) is 14.3. The first-order chi connectivity index (χ1) is 13.6. The van der Waals surface area contributed by atoms with Crippen LogP contribution in [0.2, 0.25) is 0 Å². The Morgan fingerprint density at radius 1 is 1.11 bits per heavy atom. The molecular formula is C21H21N5OS. The van der Waals surface area contributed by atoms with Crippen molar-refractivity contribution in [2.45, 2.75) is 20.3 Å². The molecule has 1 aliphatic rings. The number of carbonyl (C=O) groups excluding carboxylic acids is 1. The molecule has 1 amide bonds. The van der Waals surface area contributed by atoms with Crippen molar-refractivity contribution < 1.29 is 4.79 Å². The number of hydrogen-bond donors (Lipinski definition) is 1. The minimum atomic E-state index is -0.306. The number of amides is 1. The lowest BCUT2D eigenvalue weighted by atomic mass is 9.95. The molecule has 4 rings (SSSR count). The van der Waals surface area contributed by atoms with Crippen LogP contribution in [0.25, 0.3) is 5.57 Å². The molecular weight excluding hydrogens is 370 g/mol. The number of benzene rings is 1. The minimum Gasteiger partial charge on any atom is -0.343 e. The van der Waals surface area contributed by atoms with Crippen molar-refractivity contribution in [3.63, 3.8) is 0 Å². The van der Waals surface area contributed by atoms with E-state index >= 15 is 0 Å². The number of nitrogens with zero attached hydrogens (tertiary/aromatic N) is 4. The number of nitrogens with one attached hydrogen (secondary N) is 1. The van der Waals surface area contributed by atoms with E-state index in [2.05, 4.69) is 44.2 Å². The minimum absolute atomic E-state index is 0.175. The zero-order chi connectivity index (χ0) is 19.5. The summed E-state index contributed by atoms with van der Waals surface area (Å²) in [5, 5.41) is 5.93. The highest BCUT2D eigenvalue weighted by atomic mass is 32.1. The van der Waals surface area contributed by atoms with Gasteiger partial charge in [-0.15, -0.1) is 11.3 Å². The average molecular weight is 392 g/mol. The van der Waals surface area contributed by atoms with Gasteiger partial charge in [-0.05, 0) is 49.6 Å². The fourth-order valence-corrected chi connectivity index (χ4v) is 3.90. The quantitative estimate of drug-likeness (QED) is 0.722. The van der Waals surface area contributed by atoms with Gasteiger partial charge in [-0.25, -0.2) is 15.0 Å². The van der Waals surface area contributed by atoms with Gasteiger partial charge in [-0.1, -0.05) is 17.7 Å². The van der Waals surface area contributed by atoms with E-state index in [0.717, 1.165) is 36.0 Å². The van der Waals surface area contributed by atoms with Crippen LogP contribution < -0.4 is 10.2 Å². The summed E-state index contributed by atoms with van der Waals surface area (Å²) in [5.74, 6) is -0.131. The summed E-state index contributed by atoms with van der Waals surface area (Å²) in [6.45, 7) is 5.87. The Balaban J connectivity index is 1.49. The third-order valence-corrected chi connectivity index (χ3v) is 5.63. The van der Waals surface area contributed by atoms with Crippen LogP contribution in [-0.2, 0) is 0 Å². The van der Waals surface area contributed by atoms with Crippen molar-refractivity contribution in [3.8, 4) is 0 Å². The monoisotopic (exact) mass is 391 g/mol. The Kier molecular flexibility index (Phi) is 5.16. The molecule has 0 bridgehead atoms. The van der Waals surface area contributed by atoms with Gasteiger partial charge in [0.25, 0.3) is 5.91 Å². The van der Waals surface area contributed by atoms with Gasteiger partial charge in [0.05, 0.1) is 0 Å². The summed E-state index contributed by atoms with van der Waals surface area (Å²) in [6.07, 6.45) is 4.46. The molecule has 6 nitrogen and oxygen atoms in total. The van der Waals surface area contributed by atoms with Crippen LogP contribution in [0.3, 0.4) is 0 Å². The van der Waals surface area contributed by atoms with E-state index in [9.17, 15) is 4.79 Å². The molecule has 0 saturated heterocycles. The smallest absolute Gasteiger partial charge is 0.293 e. The summed E-state index contributed by atoms with van der Waals surface area (Å²) in [6, 6.07) is 9.71. The molecule has 0 unspecified atom stereocenters. The molecule has 1 N–H and O–H groups in total. The molecule has 2 aromatic heterocycles. The van der Waals surface area contributed by atoms with Crippen molar-refractivity contribution in [3.05, 3.63) is 70.8 Å². The number of rotatable bonds is 4. The number of carbonyl (C=O) groups is 1. The number of thiazole rings is 1. The largest absolute Gasteiger partial charge is 0.343 e. The summed E-state index contributed by atoms with van der Waals surface area (Å²) >= 11 is 1.67. The van der Waals surface area contributed by atoms with E-state index < -0.39 is 0 Å². The molecule has 0 radical (unpaired) electrons. The first-order valence-corrected chi connectivity index (χ1v) is 10.0. The van der Waals surface area contributed by atoms with Gasteiger partial charge in [0.2, 0.25) is 5.82 Å². The van der Waals surface area contributed by atoms with E-state index in [0.29, 0.717) is 0 Å². The standard InChI is InChI=1S/C21H21N5OS/c1-14-8-11-26(21-23-10-12-28-21)13-18(14)16-3-5-17(6-4-16)25-20(27)19-22-9-7-15(2)24-19/h3-7,9-10,12H,8,11,13H2,1-2H3,(H,25,27). The van der Waals surface area contributed by atoms with Crippen LogP contribution in [-0.4, -0.2) is 33.9 Å². The van der Waals surface area contributed by atoms with Crippen LogP contribution >= 0.6 is 11.3 Å². The van der Waals surface area contributed by atoms with Gasteiger partial charge in [0.15, 0.2) is 5.13 Å². The van der Waals surface area contributed by atoms with Crippen molar-refractivity contribution in [2.24, 2.45) is 0 Å². The highest BCUT2D eigenvalue weighted by molar-refractivity contribution is 7.13. The molecule has 1 aromatic carbocycles. The molecule has 142 valence electrons. The maximum Gasteiger partial charge on any atom is 0.293 e. The van der Waals surface area contributed by atoms with Crippen LogP contribution in [0.1, 0.15) is 35.2 Å². The topological polar surface area (TPSA) is 71.0 Å². The van der Waals surface area contributed by atoms with E-state index in [1.54, 1.807) is 23.6 Å². The zero-order valence-corrected chi connectivity index (χ0v) is 16.7. The Morgan fingerprint density at radius 3 is 2.64 bits per heavy atom. The van der Waals surface area contributed by atoms with Crippen molar-refractivity contribution >= 4 is 33.6 Å². The van der Waals surface area contributed by atoms with Gasteiger partial charge in [-0.2, -0.15) is 0 Å². The molecule has 7 heteroatoms. The number of anilines is 2. The Labute approximate surface area is 168 Å². The molecule has 3 aromatic rings. The molecule has 0 fully saturated rings. The molecule has 3 heterocycles. The number of aryl methyl sites for hydroxylation is 1. The number of aromatic nitrogens is 3. The van der Waals surface area contributed by atoms with E-state index in [1.165, 1.54) is 16.7 Å². The second kappa shape index (κ2) is 7.90. The summed E-state index contributed by atoms with van der Waals surface area (Å²) in [7, 11) is 0. The van der Waals surface area contributed by atoms with E-state index in [4.69, 9.17) is 0 Å². The Bertz CT molecular complexity index is 1010. The molecule has 0 atom stereocenters. The van der Waals surface area contributed by atoms with Crippen LogP contribution in [0, 0.1) is 6.92 Å². The third kappa shape index (κ3) is 3.94. The lowest BCUT2D eigenvalue weighted by molar-refractivity contribution is 0.101. The van der Waals surface area contributed by atoms with Crippen molar-refractivity contribution in [2.75, 3.05) is 23.3 Å². The fraction of sp³-hybridized carbons (Fsp3) is 0.238. The average Bonchev–Trinajstić information content (AvgIpc) is 3.24. The summed E-state index contributed by atoms with van der Waals surface area (Å²) in [4.78, 5) is 27.3. The molecule has 0 aliphatic carbocycles. The fourth-order valence-electron chi connectivity index (χ4n) is 3.23.